The van der Waals surface area contributed by atoms with E-state index < -0.39 is 4.92 Å². The first-order valence-corrected chi connectivity index (χ1v) is 9.79. The van der Waals surface area contributed by atoms with E-state index in [9.17, 15) is 10.1 Å². The van der Waals surface area contributed by atoms with Crippen LogP contribution in [0.3, 0.4) is 0 Å². The van der Waals surface area contributed by atoms with Gasteiger partial charge in [-0.05, 0) is 31.4 Å². The molecule has 0 unspecified atom stereocenters. The van der Waals surface area contributed by atoms with E-state index in [1.807, 2.05) is 12.1 Å². The molecule has 3 heterocycles. The molecular formula is C20H23N5O5. The molecule has 2 aromatic rings. The number of hydrogen-bond acceptors (Lipinski definition) is 8. The lowest BCUT2D eigenvalue weighted by Crippen LogP contribution is -2.30. The average Bonchev–Trinajstić information content (AvgIpc) is 2.79. The number of rotatable bonds is 6. The van der Waals surface area contributed by atoms with Crippen LogP contribution in [0.15, 0.2) is 35.6 Å². The number of hydrogen-bond donors (Lipinski definition) is 1. The van der Waals surface area contributed by atoms with Crippen LogP contribution in [0.1, 0.15) is 36.0 Å². The molecule has 0 radical (unpaired) electrons. The van der Waals surface area contributed by atoms with E-state index in [0.29, 0.717) is 22.4 Å². The van der Waals surface area contributed by atoms with Crippen molar-refractivity contribution in [2.45, 2.75) is 32.5 Å². The van der Waals surface area contributed by atoms with Crippen LogP contribution in [-0.4, -0.2) is 35.6 Å². The Morgan fingerprint density at radius 2 is 2.13 bits per heavy atom. The van der Waals surface area contributed by atoms with Gasteiger partial charge in [-0.1, -0.05) is 5.16 Å². The maximum Gasteiger partial charge on any atom is 0.270 e. The molecule has 2 aliphatic heterocycles. The molecule has 0 saturated carbocycles. The van der Waals surface area contributed by atoms with Crippen molar-refractivity contribution < 1.29 is 19.2 Å². The molecule has 2 aliphatic rings. The van der Waals surface area contributed by atoms with E-state index in [0.717, 1.165) is 18.9 Å². The largest absolute Gasteiger partial charge is 0.467 e. The monoisotopic (exact) mass is 413 g/mol. The zero-order chi connectivity index (χ0) is 20.9. The summed E-state index contributed by atoms with van der Waals surface area (Å²) in [5, 5.41) is 15.1. The maximum absolute atomic E-state index is 11.2. The predicted molar refractivity (Wildman–Crippen MR) is 109 cm³/mol. The molecule has 1 fully saturated rings. The summed E-state index contributed by atoms with van der Waals surface area (Å²) in [6, 6.07) is 6.62. The molecule has 0 atom stereocenters. The fraction of sp³-hybridized carbons (Fsp3) is 0.400. The van der Waals surface area contributed by atoms with Crippen LogP contribution in [0.4, 0.5) is 11.5 Å². The molecule has 1 aromatic heterocycles. The highest BCUT2D eigenvalue weighted by atomic mass is 16.7. The number of non-ortho nitro benzene ring substituents is 1. The van der Waals surface area contributed by atoms with Gasteiger partial charge >= 0.3 is 0 Å². The topological polar surface area (TPSA) is 125 Å². The van der Waals surface area contributed by atoms with Crippen LogP contribution in [0.5, 0.6) is 5.75 Å². The van der Waals surface area contributed by atoms with E-state index in [2.05, 4.69) is 15.0 Å². The summed E-state index contributed by atoms with van der Waals surface area (Å²) < 4.78 is 10.7. The van der Waals surface area contributed by atoms with E-state index in [1.165, 1.54) is 31.4 Å². The summed E-state index contributed by atoms with van der Waals surface area (Å²) >= 11 is 0. The molecule has 1 saturated heterocycles. The zero-order valence-corrected chi connectivity index (χ0v) is 16.5. The van der Waals surface area contributed by atoms with Gasteiger partial charge in [0.1, 0.15) is 18.2 Å². The number of anilines is 1. The lowest BCUT2D eigenvalue weighted by molar-refractivity contribution is -0.385. The van der Waals surface area contributed by atoms with Crippen LogP contribution in [0.2, 0.25) is 0 Å². The first kappa shape index (κ1) is 19.9. The van der Waals surface area contributed by atoms with Crippen LogP contribution in [-0.2, 0) is 22.8 Å². The summed E-state index contributed by atoms with van der Waals surface area (Å²) in [7, 11) is 0. The lowest BCUT2D eigenvalue weighted by Gasteiger charge is -2.27. The molecule has 10 heteroatoms. The third-order valence-electron chi connectivity index (χ3n) is 5.09. The van der Waals surface area contributed by atoms with Gasteiger partial charge in [-0.15, -0.1) is 0 Å². The molecule has 2 N–H and O–H groups in total. The number of aromatic nitrogens is 1. The van der Waals surface area contributed by atoms with Crippen molar-refractivity contribution in [2.24, 2.45) is 10.9 Å². The molecule has 10 nitrogen and oxygen atoms in total. The van der Waals surface area contributed by atoms with Crippen molar-refractivity contribution in [1.82, 2.24) is 4.98 Å². The van der Waals surface area contributed by atoms with Crippen LogP contribution in [0.25, 0.3) is 0 Å². The summed E-state index contributed by atoms with van der Waals surface area (Å²) in [5.41, 5.74) is 7.71. The van der Waals surface area contributed by atoms with Gasteiger partial charge in [0.25, 0.3) is 5.69 Å². The predicted octanol–water partition coefficient (Wildman–Crippen LogP) is 2.68. The first-order chi connectivity index (χ1) is 14.6. The maximum atomic E-state index is 11.2. The number of amidine groups is 1. The average molecular weight is 413 g/mol. The minimum Gasteiger partial charge on any atom is -0.467 e. The van der Waals surface area contributed by atoms with Crippen molar-refractivity contribution in [3.05, 3.63) is 57.3 Å². The summed E-state index contributed by atoms with van der Waals surface area (Å²) in [6.07, 6.45) is 5.29. The van der Waals surface area contributed by atoms with Crippen molar-refractivity contribution in [3.8, 4) is 5.75 Å². The molecule has 0 bridgehead atoms. The smallest absolute Gasteiger partial charge is 0.270 e. The van der Waals surface area contributed by atoms with Gasteiger partial charge in [0, 0.05) is 48.1 Å². The second kappa shape index (κ2) is 8.95. The molecule has 30 heavy (non-hydrogen) atoms. The van der Waals surface area contributed by atoms with Crippen molar-refractivity contribution in [3.63, 3.8) is 0 Å². The molecule has 0 aliphatic carbocycles. The standard InChI is InChI=1S/C20H23N5O5/c21-20(14-4-5-18(22-10-14)24-6-2-1-3-7-24)23-30-12-16-9-17(25(26)27)8-15-11-28-13-29-19(15)16/h4-5,8-10H,1-3,6-7,11-13H2,(H2,21,23). The Kier molecular flexibility index (Phi) is 5.94. The van der Waals surface area contributed by atoms with Crippen LogP contribution < -0.4 is 15.4 Å². The van der Waals surface area contributed by atoms with Crippen LogP contribution >= 0.6 is 0 Å². The number of nitrogens with two attached hydrogens (primary N) is 1. The normalized spacial score (nSPS) is 16.5. The highest BCUT2D eigenvalue weighted by molar-refractivity contribution is 5.96. The van der Waals surface area contributed by atoms with Gasteiger partial charge in [-0.3, -0.25) is 10.1 Å². The number of piperidine rings is 1. The SMILES string of the molecule is N/C(=N/OCc1cc([N+](=O)[O-])cc2c1OCOC2)c1ccc(N2CCCCC2)nc1. The molecule has 0 spiro atoms. The highest BCUT2D eigenvalue weighted by Gasteiger charge is 2.21. The summed E-state index contributed by atoms with van der Waals surface area (Å²) in [4.78, 5) is 22.8. The second-order valence-electron chi connectivity index (χ2n) is 7.16. The van der Waals surface area contributed by atoms with Crippen molar-refractivity contribution >= 4 is 17.3 Å². The fourth-order valence-electron chi connectivity index (χ4n) is 3.57. The highest BCUT2D eigenvalue weighted by Crippen LogP contribution is 2.33. The number of fused-ring (bicyclic) bond motifs is 1. The van der Waals surface area contributed by atoms with Gasteiger partial charge in [0.15, 0.2) is 12.6 Å². The van der Waals surface area contributed by atoms with E-state index >= 15 is 0 Å². The van der Waals surface area contributed by atoms with Gasteiger partial charge in [0.05, 0.1) is 11.5 Å². The molecule has 4 rings (SSSR count). The Balaban J connectivity index is 1.44. The Morgan fingerprint density at radius 3 is 2.87 bits per heavy atom. The molecule has 158 valence electrons. The molecule has 1 aromatic carbocycles. The van der Waals surface area contributed by atoms with E-state index in [4.69, 9.17) is 20.0 Å². The first-order valence-electron chi connectivity index (χ1n) is 9.79. The van der Waals surface area contributed by atoms with Crippen molar-refractivity contribution in [1.29, 1.82) is 0 Å². The third-order valence-corrected chi connectivity index (χ3v) is 5.09. The Morgan fingerprint density at radius 1 is 1.30 bits per heavy atom. The zero-order valence-electron chi connectivity index (χ0n) is 16.5. The minimum atomic E-state index is -0.467. The van der Waals surface area contributed by atoms with E-state index in [1.54, 1.807) is 6.20 Å². The second-order valence-corrected chi connectivity index (χ2v) is 7.16. The Labute approximate surface area is 173 Å². The number of benzene rings is 1. The fourth-order valence-corrected chi connectivity index (χ4v) is 3.57. The third kappa shape index (κ3) is 4.43. The number of ether oxygens (including phenoxy) is 2. The molecule has 0 amide bonds. The number of nitrogens with zero attached hydrogens (tertiary/aromatic N) is 4. The van der Waals surface area contributed by atoms with Crippen LogP contribution in [0, 0.1) is 10.1 Å². The van der Waals surface area contributed by atoms with Gasteiger partial charge in [-0.25, -0.2) is 4.98 Å². The van der Waals surface area contributed by atoms with Gasteiger partial charge in [-0.2, -0.15) is 0 Å². The van der Waals surface area contributed by atoms with Crippen molar-refractivity contribution in [2.75, 3.05) is 24.8 Å². The molecular weight excluding hydrogens is 390 g/mol. The van der Waals surface area contributed by atoms with Gasteiger partial charge < -0.3 is 24.9 Å². The number of nitro groups is 1. The summed E-state index contributed by atoms with van der Waals surface area (Å²) in [6.45, 7) is 2.33. The summed E-state index contributed by atoms with van der Waals surface area (Å²) in [5.74, 6) is 1.62. The number of pyridine rings is 1. The Hall–Kier alpha value is -3.40. The van der Waals surface area contributed by atoms with Gasteiger partial charge in [0.2, 0.25) is 0 Å². The minimum absolute atomic E-state index is 0.0238. The van der Waals surface area contributed by atoms with E-state index in [-0.39, 0.29) is 31.5 Å². The number of oxime groups is 1. The lowest BCUT2D eigenvalue weighted by atomic mass is 10.1. The quantitative estimate of drug-likeness (QED) is 0.332. The Bertz CT molecular complexity index is 941. The number of nitro benzene ring substituents is 1.